The van der Waals surface area contributed by atoms with E-state index >= 15 is 0 Å². The normalized spacial score (nSPS) is 14.1. The summed E-state index contributed by atoms with van der Waals surface area (Å²) in [5.74, 6) is 0. The van der Waals surface area contributed by atoms with Crippen LogP contribution < -0.4 is 5.32 Å². The molecule has 0 aliphatic heterocycles. The highest BCUT2D eigenvalue weighted by atomic mass is 14.9. The van der Waals surface area contributed by atoms with Crippen LogP contribution in [0.4, 0.5) is 0 Å². The largest absolute Gasteiger partial charge is 0.386 e. The summed E-state index contributed by atoms with van der Waals surface area (Å²) in [7, 11) is 0. The van der Waals surface area contributed by atoms with E-state index in [-0.39, 0.29) is 10.8 Å². The average Bonchev–Trinajstić information content (AvgIpc) is 2.31. The van der Waals surface area contributed by atoms with Gasteiger partial charge < -0.3 is 5.32 Å². The first-order chi connectivity index (χ1) is 11.0. The van der Waals surface area contributed by atoms with Crippen LogP contribution in [0.25, 0.3) is 0 Å². The Bertz CT molecular complexity index is 375. The first kappa shape index (κ1) is 24.5. The van der Waals surface area contributed by atoms with E-state index in [9.17, 15) is 0 Å². The minimum Gasteiger partial charge on any atom is -0.386 e. The third-order valence-corrected chi connectivity index (χ3v) is 5.54. The van der Waals surface area contributed by atoms with Gasteiger partial charge in [-0.15, -0.1) is 0 Å². The minimum atomic E-state index is 0.160. The molecule has 0 radical (unpaired) electrons. The zero-order valence-electron chi connectivity index (χ0n) is 19.5. The molecule has 0 aromatic rings. The molecule has 25 heavy (non-hydrogen) atoms. The van der Waals surface area contributed by atoms with Crippen LogP contribution in [0.1, 0.15) is 115 Å². The van der Waals surface area contributed by atoms with Crippen LogP contribution in [0.15, 0.2) is 12.3 Å². The van der Waals surface area contributed by atoms with E-state index in [1.807, 2.05) is 0 Å². The van der Waals surface area contributed by atoms with E-state index < -0.39 is 0 Å². The number of rotatable bonds is 9. The lowest BCUT2D eigenvalue weighted by Crippen LogP contribution is -2.44. The fraction of sp³-hybridized carbons (Fsp3) is 0.917. The maximum Gasteiger partial charge on any atom is 0.0201 e. The van der Waals surface area contributed by atoms with Crippen molar-refractivity contribution in [3.05, 3.63) is 12.3 Å². The molecule has 0 unspecified atom stereocenters. The maximum atomic E-state index is 4.55. The summed E-state index contributed by atoms with van der Waals surface area (Å²) in [6, 6.07) is 0.444. The van der Waals surface area contributed by atoms with Gasteiger partial charge in [-0.05, 0) is 55.8 Å². The number of nitrogens with one attached hydrogen (secondary N) is 1. The fourth-order valence-corrected chi connectivity index (χ4v) is 3.96. The van der Waals surface area contributed by atoms with Gasteiger partial charge in [-0.3, -0.25) is 0 Å². The summed E-state index contributed by atoms with van der Waals surface area (Å²) < 4.78 is 0. The van der Waals surface area contributed by atoms with Crippen molar-refractivity contribution in [3.8, 4) is 0 Å². The highest BCUT2D eigenvalue weighted by Crippen LogP contribution is 2.52. The van der Waals surface area contributed by atoms with Crippen molar-refractivity contribution >= 4 is 0 Å². The second-order valence-electron chi connectivity index (χ2n) is 11.9. The Balaban J connectivity index is 5.46. The van der Waals surface area contributed by atoms with Gasteiger partial charge in [0.2, 0.25) is 0 Å². The molecule has 0 fully saturated rings. The lowest BCUT2D eigenvalue weighted by Gasteiger charge is -2.48. The molecule has 0 saturated carbocycles. The van der Waals surface area contributed by atoms with Crippen molar-refractivity contribution in [2.45, 2.75) is 121 Å². The Hall–Kier alpha value is -0.460. The maximum absolute atomic E-state index is 4.55. The standard InChI is InChI=1S/C24H49N/c1-19(2)25-20(3)24(23(10,11)12,17-13-15-21(4,5)6)18-14-16-22(7,8)9/h19,25H,3,13-18H2,1-2,4-12H3. The lowest BCUT2D eigenvalue weighted by molar-refractivity contribution is 0.0816. The van der Waals surface area contributed by atoms with Gasteiger partial charge >= 0.3 is 0 Å². The zero-order chi connectivity index (χ0) is 20.1. The summed E-state index contributed by atoms with van der Waals surface area (Å²) in [4.78, 5) is 0. The van der Waals surface area contributed by atoms with Crippen LogP contribution in [0, 0.1) is 21.7 Å². The molecule has 150 valence electrons. The molecule has 1 N–H and O–H groups in total. The molecular formula is C24H49N. The second kappa shape index (κ2) is 8.96. The Morgan fingerprint density at radius 2 is 1.08 bits per heavy atom. The van der Waals surface area contributed by atoms with E-state index in [0.29, 0.717) is 16.9 Å². The predicted molar refractivity (Wildman–Crippen MR) is 116 cm³/mol. The average molecular weight is 352 g/mol. The third kappa shape index (κ3) is 9.15. The van der Waals surface area contributed by atoms with E-state index in [1.54, 1.807) is 0 Å². The first-order valence-corrected chi connectivity index (χ1v) is 10.5. The van der Waals surface area contributed by atoms with Crippen LogP contribution in [0.5, 0.6) is 0 Å². The van der Waals surface area contributed by atoms with Gasteiger partial charge in [0, 0.05) is 17.2 Å². The summed E-state index contributed by atoms with van der Waals surface area (Å²) in [5.41, 5.74) is 2.44. The first-order valence-electron chi connectivity index (χ1n) is 10.5. The van der Waals surface area contributed by atoms with E-state index in [1.165, 1.54) is 44.2 Å². The highest BCUT2D eigenvalue weighted by molar-refractivity contribution is 5.14. The van der Waals surface area contributed by atoms with Crippen molar-refractivity contribution in [2.75, 3.05) is 0 Å². The van der Waals surface area contributed by atoms with Crippen molar-refractivity contribution in [3.63, 3.8) is 0 Å². The molecule has 0 saturated heterocycles. The second-order valence-corrected chi connectivity index (χ2v) is 11.9. The van der Waals surface area contributed by atoms with Gasteiger partial charge in [-0.2, -0.15) is 0 Å². The van der Waals surface area contributed by atoms with Crippen LogP contribution >= 0.6 is 0 Å². The molecule has 1 nitrogen and oxygen atoms in total. The molecule has 0 aliphatic rings. The molecule has 0 spiro atoms. The minimum absolute atomic E-state index is 0.160. The van der Waals surface area contributed by atoms with Crippen LogP contribution in [0.3, 0.4) is 0 Å². The highest BCUT2D eigenvalue weighted by Gasteiger charge is 2.43. The smallest absolute Gasteiger partial charge is 0.0201 e. The van der Waals surface area contributed by atoms with Crippen LogP contribution in [-0.2, 0) is 0 Å². The molecular weight excluding hydrogens is 302 g/mol. The zero-order valence-corrected chi connectivity index (χ0v) is 19.5. The molecule has 0 amide bonds. The van der Waals surface area contributed by atoms with Gasteiger partial charge in [-0.1, -0.05) is 81.7 Å². The summed E-state index contributed by atoms with van der Waals surface area (Å²) in [6.07, 6.45) is 7.56. The van der Waals surface area contributed by atoms with Crippen molar-refractivity contribution in [1.82, 2.24) is 5.32 Å². The SMILES string of the molecule is C=C(NC(C)C)C(CCCC(C)(C)C)(CCCC(C)(C)C)C(C)(C)C. The Morgan fingerprint density at radius 3 is 1.32 bits per heavy atom. The summed E-state index contributed by atoms with van der Waals surface area (Å²) >= 11 is 0. The Kier molecular flexibility index (Phi) is 8.79. The Labute approximate surface area is 160 Å². The number of allylic oxidation sites excluding steroid dienone is 1. The van der Waals surface area contributed by atoms with Gasteiger partial charge in [0.15, 0.2) is 0 Å². The molecule has 0 aromatic heterocycles. The van der Waals surface area contributed by atoms with E-state index in [4.69, 9.17) is 0 Å². The Morgan fingerprint density at radius 1 is 0.720 bits per heavy atom. The molecule has 0 atom stereocenters. The number of hydrogen-bond donors (Lipinski definition) is 1. The molecule has 1 heteroatoms. The topological polar surface area (TPSA) is 12.0 Å². The van der Waals surface area contributed by atoms with E-state index in [2.05, 4.69) is 88.1 Å². The lowest BCUT2D eigenvalue weighted by atomic mass is 9.59. The van der Waals surface area contributed by atoms with E-state index in [0.717, 1.165) is 0 Å². The molecule has 0 aliphatic carbocycles. The van der Waals surface area contributed by atoms with Gasteiger partial charge in [0.1, 0.15) is 0 Å². The molecule has 0 rings (SSSR count). The van der Waals surface area contributed by atoms with Gasteiger partial charge in [0.05, 0.1) is 0 Å². The number of hydrogen-bond acceptors (Lipinski definition) is 1. The predicted octanol–water partition coefficient (Wildman–Crippen LogP) is 7.96. The van der Waals surface area contributed by atoms with Crippen molar-refractivity contribution in [2.24, 2.45) is 21.7 Å². The van der Waals surface area contributed by atoms with Gasteiger partial charge in [0.25, 0.3) is 0 Å². The van der Waals surface area contributed by atoms with Gasteiger partial charge in [-0.25, -0.2) is 0 Å². The molecule has 0 aromatic carbocycles. The van der Waals surface area contributed by atoms with Crippen molar-refractivity contribution in [1.29, 1.82) is 0 Å². The molecule has 0 bridgehead atoms. The fourth-order valence-electron chi connectivity index (χ4n) is 3.96. The summed E-state index contributed by atoms with van der Waals surface area (Å²) in [5, 5.41) is 3.69. The third-order valence-electron chi connectivity index (χ3n) is 5.54. The van der Waals surface area contributed by atoms with Crippen molar-refractivity contribution < 1.29 is 0 Å². The van der Waals surface area contributed by atoms with Crippen LogP contribution in [-0.4, -0.2) is 6.04 Å². The summed E-state index contributed by atoms with van der Waals surface area (Å²) in [6.45, 7) is 30.4. The monoisotopic (exact) mass is 351 g/mol. The van der Waals surface area contributed by atoms with Crippen LogP contribution in [0.2, 0.25) is 0 Å². The molecule has 0 heterocycles. The quantitative estimate of drug-likeness (QED) is 0.444.